The van der Waals surface area contributed by atoms with E-state index in [0.29, 0.717) is 0 Å². The minimum absolute atomic E-state index is 0.183. The Bertz CT molecular complexity index is 655. The average molecular weight is 359 g/mol. The van der Waals surface area contributed by atoms with Gasteiger partial charge in [-0.3, -0.25) is 0 Å². The van der Waals surface area contributed by atoms with Gasteiger partial charge in [0.15, 0.2) is 0 Å². The summed E-state index contributed by atoms with van der Waals surface area (Å²) in [6.45, 7) is 3.85. The summed E-state index contributed by atoms with van der Waals surface area (Å²) in [6.07, 6.45) is 6.76. The topological polar surface area (TPSA) is 0 Å². The molecule has 0 bridgehead atoms. The summed E-state index contributed by atoms with van der Waals surface area (Å²) >= 11 is 4.19. The molecule has 0 radical (unpaired) electrons. The molecule has 0 aliphatic carbocycles. The van der Waals surface area contributed by atoms with Crippen LogP contribution in [0.25, 0.3) is 11.1 Å². The summed E-state index contributed by atoms with van der Waals surface area (Å²) in [5, 5.41) is 0. The van der Waals surface area contributed by atoms with Crippen molar-refractivity contribution in [3.63, 3.8) is 0 Å². The lowest BCUT2D eigenvalue weighted by Gasteiger charge is -2.37. The number of rotatable bonds is 6. The van der Waals surface area contributed by atoms with Crippen LogP contribution >= 0.6 is 23.5 Å². The molecule has 0 saturated carbocycles. The minimum Gasteiger partial charge on any atom is -0.207 e. The van der Waals surface area contributed by atoms with Crippen LogP contribution in [0.3, 0.4) is 0 Å². The van der Waals surface area contributed by atoms with Crippen LogP contribution in [0.15, 0.2) is 61.2 Å². The van der Waals surface area contributed by atoms with Crippen LogP contribution in [0.2, 0.25) is 0 Å². The zero-order valence-corrected chi connectivity index (χ0v) is 15.5. The summed E-state index contributed by atoms with van der Waals surface area (Å²) in [5.41, 5.74) is 3.62. The second kappa shape index (κ2) is 8.26. The Balaban J connectivity index is 1.83. The third kappa shape index (κ3) is 4.07. The van der Waals surface area contributed by atoms with Gasteiger partial charge in [0, 0.05) is 0 Å². The van der Waals surface area contributed by atoms with Gasteiger partial charge in [0.05, 0.1) is 4.08 Å². The van der Waals surface area contributed by atoms with Gasteiger partial charge in [-0.25, -0.2) is 4.39 Å². The van der Waals surface area contributed by atoms with Crippen molar-refractivity contribution in [1.29, 1.82) is 0 Å². The van der Waals surface area contributed by atoms with Crippen LogP contribution in [0, 0.1) is 5.82 Å². The standard InChI is InChI=1S/C21H23FS2/c1-2-3-4-14-21(23-15-5-16-24-21)19-10-6-17(7-11-19)18-8-12-20(22)13-9-18/h2,6-13H,1,3-5,14-16H2. The maximum Gasteiger partial charge on any atom is 0.123 e. The SMILES string of the molecule is C=CCCCC1(c2ccc(-c3ccc(F)cc3)cc2)SCCCS1. The third-order valence-corrected chi connectivity index (χ3v) is 7.88. The van der Waals surface area contributed by atoms with Crippen LogP contribution in [-0.4, -0.2) is 11.5 Å². The number of benzene rings is 2. The third-order valence-electron chi connectivity index (χ3n) is 4.38. The zero-order valence-electron chi connectivity index (χ0n) is 13.8. The van der Waals surface area contributed by atoms with E-state index < -0.39 is 0 Å². The van der Waals surface area contributed by atoms with E-state index in [-0.39, 0.29) is 9.90 Å². The Morgan fingerprint density at radius 1 is 0.958 bits per heavy atom. The van der Waals surface area contributed by atoms with Crippen molar-refractivity contribution < 1.29 is 4.39 Å². The van der Waals surface area contributed by atoms with E-state index in [0.717, 1.165) is 17.5 Å². The van der Waals surface area contributed by atoms with Crippen molar-refractivity contribution in [3.05, 3.63) is 72.6 Å². The average Bonchev–Trinajstić information content (AvgIpc) is 2.64. The van der Waals surface area contributed by atoms with E-state index in [1.807, 2.05) is 18.2 Å². The number of hydrogen-bond acceptors (Lipinski definition) is 2. The molecule has 0 unspecified atom stereocenters. The summed E-state index contributed by atoms with van der Waals surface area (Å²) in [7, 11) is 0. The van der Waals surface area contributed by atoms with Crippen molar-refractivity contribution in [2.45, 2.75) is 29.8 Å². The molecule has 1 aliphatic heterocycles. The summed E-state index contributed by atoms with van der Waals surface area (Å²) in [6, 6.07) is 15.6. The smallest absolute Gasteiger partial charge is 0.123 e. The van der Waals surface area contributed by atoms with Crippen LogP contribution < -0.4 is 0 Å². The first kappa shape index (κ1) is 17.6. The van der Waals surface area contributed by atoms with Crippen LogP contribution in [-0.2, 0) is 4.08 Å². The second-order valence-corrected chi connectivity index (χ2v) is 9.11. The Morgan fingerprint density at radius 2 is 1.54 bits per heavy atom. The molecule has 3 rings (SSSR count). The fourth-order valence-electron chi connectivity index (χ4n) is 3.07. The molecule has 1 aliphatic rings. The predicted molar refractivity (Wildman–Crippen MR) is 107 cm³/mol. The molecule has 2 aromatic rings. The van der Waals surface area contributed by atoms with Crippen LogP contribution in [0.4, 0.5) is 4.39 Å². The molecule has 0 N–H and O–H groups in total. The molecule has 0 spiro atoms. The summed E-state index contributed by atoms with van der Waals surface area (Å²) in [4.78, 5) is 0. The highest BCUT2D eigenvalue weighted by Gasteiger charge is 2.34. The molecular formula is C21H23FS2. The first-order valence-electron chi connectivity index (χ1n) is 8.49. The molecule has 0 amide bonds. The minimum atomic E-state index is -0.188. The number of thioether (sulfide) groups is 2. The quantitative estimate of drug-likeness (QED) is 0.408. The maximum absolute atomic E-state index is 13.1. The molecule has 1 heterocycles. The Hall–Kier alpha value is -1.19. The number of unbranched alkanes of at least 4 members (excludes halogenated alkanes) is 1. The first-order chi connectivity index (χ1) is 11.7. The van der Waals surface area contributed by atoms with Gasteiger partial charge in [-0.2, -0.15) is 0 Å². The predicted octanol–water partition coefficient (Wildman–Crippen LogP) is 6.87. The molecule has 0 atom stereocenters. The van der Waals surface area contributed by atoms with Gasteiger partial charge in [0.25, 0.3) is 0 Å². The largest absolute Gasteiger partial charge is 0.207 e. The van der Waals surface area contributed by atoms with Crippen LogP contribution in [0.5, 0.6) is 0 Å². The highest BCUT2D eigenvalue weighted by molar-refractivity contribution is 8.18. The molecule has 24 heavy (non-hydrogen) atoms. The Morgan fingerprint density at radius 3 is 2.12 bits per heavy atom. The second-order valence-electron chi connectivity index (χ2n) is 6.07. The highest BCUT2D eigenvalue weighted by atomic mass is 32.2. The van der Waals surface area contributed by atoms with Gasteiger partial charge >= 0.3 is 0 Å². The highest BCUT2D eigenvalue weighted by Crippen LogP contribution is 2.53. The zero-order chi connectivity index (χ0) is 16.8. The monoisotopic (exact) mass is 358 g/mol. The number of halogens is 1. The van der Waals surface area contributed by atoms with Crippen molar-refractivity contribution in [2.75, 3.05) is 11.5 Å². The molecule has 1 fully saturated rings. The molecule has 0 nitrogen and oxygen atoms in total. The van der Waals surface area contributed by atoms with Crippen molar-refractivity contribution >= 4 is 23.5 Å². The molecule has 126 valence electrons. The van der Waals surface area contributed by atoms with Gasteiger partial charge in [-0.15, -0.1) is 30.1 Å². The van der Waals surface area contributed by atoms with Gasteiger partial charge in [-0.1, -0.05) is 42.5 Å². The van der Waals surface area contributed by atoms with Crippen molar-refractivity contribution in [3.8, 4) is 11.1 Å². The van der Waals surface area contributed by atoms with Crippen LogP contribution in [0.1, 0.15) is 31.2 Å². The van der Waals surface area contributed by atoms with Crippen molar-refractivity contribution in [1.82, 2.24) is 0 Å². The van der Waals surface area contributed by atoms with Gasteiger partial charge in [0.2, 0.25) is 0 Å². The molecule has 1 saturated heterocycles. The molecule has 3 heteroatoms. The number of allylic oxidation sites excluding steroid dienone is 1. The van der Waals surface area contributed by atoms with E-state index in [9.17, 15) is 4.39 Å². The van der Waals surface area contributed by atoms with E-state index in [1.54, 1.807) is 0 Å². The summed E-state index contributed by atoms with van der Waals surface area (Å²) in [5.74, 6) is 2.29. The van der Waals surface area contributed by atoms with E-state index in [4.69, 9.17) is 0 Å². The normalized spacial score (nSPS) is 16.7. The van der Waals surface area contributed by atoms with E-state index in [2.05, 4.69) is 54.4 Å². The summed E-state index contributed by atoms with van der Waals surface area (Å²) < 4.78 is 13.3. The lowest BCUT2D eigenvalue weighted by molar-refractivity contribution is 0.628. The molecular weight excluding hydrogens is 335 g/mol. The fraction of sp³-hybridized carbons (Fsp3) is 0.333. The van der Waals surface area contributed by atoms with E-state index in [1.165, 1.54) is 48.5 Å². The fourth-order valence-corrected chi connectivity index (χ4v) is 6.50. The molecule has 0 aromatic heterocycles. The lowest BCUT2D eigenvalue weighted by Crippen LogP contribution is -2.22. The van der Waals surface area contributed by atoms with Gasteiger partial charge < -0.3 is 0 Å². The molecule has 2 aromatic carbocycles. The van der Waals surface area contributed by atoms with Gasteiger partial charge in [-0.05, 0) is 66.0 Å². The van der Waals surface area contributed by atoms with Crippen molar-refractivity contribution in [2.24, 2.45) is 0 Å². The lowest BCUT2D eigenvalue weighted by atomic mass is 10.0. The van der Waals surface area contributed by atoms with Gasteiger partial charge in [0.1, 0.15) is 5.82 Å². The Labute approximate surface area is 152 Å². The number of hydrogen-bond donors (Lipinski definition) is 0. The Kier molecular flexibility index (Phi) is 6.07. The first-order valence-corrected chi connectivity index (χ1v) is 10.5. The maximum atomic E-state index is 13.1. The van der Waals surface area contributed by atoms with E-state index >= 15 is 0 Å².